The average molecular weight is 386 g/mol. The SMILES string of the molecule is Clc1cccc(Oc2ccc(OCc3csc(Cl)c3Cl)cc2)c1. The van der Waals surface area contributed by atoms with Crippen molar-refractivity contribution in [2.45, 2.75) is 6.61 Å². The van der Waals surface area contributed by atoms with Crippen LogP contribution in [0.2, 0.25) is 14.4 Å². The minimum atomic E-state index is 0.372. The second-order valence-corrected chi connectivity index (χ2v) is 6.96. The van der Waals surface area contributed by atoms with Gasteiger partial charge in [0.1, 0.15) is 28.2 Å². The lowest BCUT2D eigenvalue weighted by atomic mass is 10.3. The van der Waals surface area contributed by atoms with Crippen molar-refractivity contribution >= 4 is 46.1 Å². The molecule has 1 aromatic heterocycles. The summed E-state index contributed by atoms with van der Waals surface area (Å²) in [7, 11) is 0. The highest BCUT2D eigenvalue weighted by atomic mass is 35.5. The predicted octanol–water partition coefficient (Wildman–Crippen LogP) is 7.08. The van der Waals surface area contributed by atoms with Crippen molar-refractivity contribution in [1.29, 1.82) is 0 Å². The van der Waals surface area contributed by atoms with Crippen LogP contribution in [0, 0.1) is 0 Å². The van der Waals surface area contributed by atoms with E-state index in [1.165, 1.54) is 11.3 Å². The van der Waals surface area contributed by atoms with E-state index in [1.54, 1.807) is 12.1 Å². The van der Waals surface area contributed by atoms with Gasteiger partial charge < -0.3 is 9.47 Å². The van der Waals surface area contributed by atoms with Crippen LogP contribution >= 0.6 is 46.1 Å². The molecule has 2 aromatic carbocycles. The van der Waals surface area contributed by atoms with Gasteiger partial charge in [0.15, 0.2) is 0 Å². The molecule has 0 radical (unpaired) electrons. The van der Waals surface area contributed by atoms with Crippen molar-refractivity contribution in [1.82, 2.24) is 0 Å². The Kier molecular flexibility index (Phi) is 5.34. The molecule has 0 N–H and O–H groups in total. The summed E-state index contributed by atoms with van der Waals surface area (Å²) in [5.41, 5.74) is 0.876. The van der Waals surface area contributed by atoms with Crippen molar-refractivity contribution in [3.8, 4) is 17.2 Å². The minimum Gasteiger partial charge on any atom is -0.489 e. The van der Waals surface area contributed by atoms with E-state index in [1.807, 2.05) is 41.8 Å². The molecule has 0 atom stereocenters. The molecule has 0 fully saturated rings. The fourth-order valence-electron chi connectivity index (χ4n) is 1.88. The summed E-state index contributed by atoms with van der Waals surface area (Å²) in [6, 6.07) is 14.6. The summed E-state index contributed by atoms with van der Waals surface area (Å²) >= 11 is 19.3. The van der Waals surface area contributed by atoms with Gasteiger partial charge >= 0.3 is 0 Å². The first-order valence-electron chi connectivity index (χ1n) is 6.69. The van der Waals surface area contributed by atoms with Crippen LogP contribution in [0.3, 0.4) is 0 Å². The maximum Gasteiger partial charge on any atom is 0.128 e. The highest BCUT2D eigenvalue weighted by molar-refractivity contribution is 7.15. The van der Waals surface area contributed by atoms with Crippen LogP contribution in [0.4, 0.5) is 0 Å². The van der Waals surface area contributed by atoms with Crippen molar-refractivity contribution < 1.29 is 9.47 Å². The molecule has 23 heavy (non-hydrogen) atoms. The standard InChI is InChI=1S/C17H11Cl3O2S/c18-12-2-1-3-15(8-12)22-14-6-4-13(5-7-14)21-9-11-10-23-17(20)16(11)19/h1-8,10H,9H2. The highest BCUT2D eigenvalue weighted by Crippen LogP contribution is 2.33. The first-order valence-corrected chi connectivity index (χ1v) is 8.71. The van der Waals surface area contributed by atoms with Gasteiger partial charge in [0, 0.05) is 16.0 Å². The molecule has 0 aliphatic carbocycles. The third-order valence-electron chi connectivity index (χ3n) is 3.01. The molecule has 6 heteroatoms. The molecule has 0 aliphatic rings. The second kappa shape index (κ2) is 7.45. The zero-order valence-corrected chi connectivity index (χ0v) is 14.8. The molecule has 0 amide bonds. The Bertz CT molecular complexity index is 800. The Balaban J connectivity index is 1.62. The first-order chi connectivity index (χ1) is 11.1. The summed E-state index contributed by atoms with van der Waals surface area (Å²) < 4.78 is 12.0. The number of halogens is 3. The quantitative estimate of drug-likeness (QED) is 0.467. The monoisotopic (exact) mass is 384 g/mol. The van der Waals surface area contributed by atoms with E-state index in [0.29, 0.717) is 32.5 Å². The van der Waals surface area contributed by atoms with Crippen LogP contribution < -0.4 is 9.47 Å². The van der Waals surface area contributed by atoms with Crippen LogP contribution in [-0.4, -0.2) is 0 Å². The number of thiophene rings is 1. The van der Waals surface area contributed by atoms with Gasteiger partial charge in [-0.15, -0.1) is 11.3 Å². The van der Waals surface area contributed by atoms with Gasteiger partial charge in [-0.2, -0.15) is 0 Å². The number of hydrogen-bond acceptors (Lipinski definition) is 3. The summed E-state index contributed by atoms with van der Waals surface area (Å²) in [5, 5.41) is 3.08. The molecule has 3 aromatic rings. The van der Waals surface area contributed by atoms with Crippen molar-refractivity contribution in [3.05, 3.63) is 73.9 Å². The van der Waals surface area contributed by atoms with Gasteiger partial charge in [0.25, 0.3) is 0 Å². The fraction of sp³-hybridized carbons (Fsp3) is 0.0588. The molecule has 3 rings (SSSR count). The summed E-state index contributed by atoms with van der Waals surface area (Å²) in [6.07, 6.45) is 0. The second-order valence-electron chi connectivity index (χ2n) is 4.67. The van der Waals surface area contributed by atoms with Gasteiger partial charge in [0.2, 0.25) is 0 Å². The highest BCUT2D eigenvalue weighted by Gasteiger charge is 2.08. The molecule has 0 bridgehead atoms. The van der Waals surface area contributed by atoms with E-state index >= 15 is 0 Å². The molecular formula is C17H11Cl3O2S. The molecule has 1 heterocycles. The molecule has 0 aliphatic heterocycles. The molecule has 0 unspecified atom stereocenters. The fourth-order valence-corrected chi connectivity index (χ4v) is 3.29. The van der Waals surface area contributed by atoms with Crippen LogP contribution in [0.1, 0.15) is 5.56 Å². The van der Waals surface area contributed by atoms with Gasteiger partial charge in [-0.1, -0.05) is 40.9 Å². The van der Waals surface area contributed by atoms with Gasteiger partial charge in [-0.05, 0) is 42.5 Å². The number of hydrogen-bond donors (Lipinski definition) is 0. The lowest BCUT2D eigenvalue weighted by Crippen LogP contribution is -1.94. The van der Waals surface area contributed by atoms with Gasteiger partial charge in [-0.3, -0.25) is 0 Å². The molecule has 118 valence electrons. The summed E-state index contributed by atoms with van der Waals surface area (Å²) in [6.45, 7) is 0.372. The third-order valence-corrected chi connectivity index (χ3v) is 5.15. The van der Waals surface area contributed by atoms with E-state index in [4.69, 9.17) is 44.3 Å². The molecule has 0 spiro atoms. The topological polar surface area (TPSA) is 18.5 Å². The van der Waals surface area contributed by atoms with E-state index < -0.39 is 0 Å². The largest absolute Gasteiger partial charge is 0.489 e. The van der Waals surface area contributed by atoms with E-state index in [-0.39, 0.29) is 0 Å². The molecular weight excluding hydrogens is 375 g/mol. The number of ether oxygens (including phenoxy) is 2. The predicted molar refractivity (Wildman–Crippen MR) is 96.6 cm³/mol. The lowest BCUT2D eigenvalue weighted by molar-refractivity contribution is 0.306. The Morgan fingerprint density at radius 1 is 0.870 bits per heavy atom. The first kappa shape index (κ1) is 16.5. The zero-order chi connectivity index (χ0) is 16.2. The molecule has 0 saturated heterocycles. The summed E-state index contributed by atoms with van der Waals surface area (Å²) in [5.74, 6) is 2.11. The average Bonchev–Trinajstić information content (AvgIpc) is 2.86. The normalized spacial score (nSPS) is 10.6. The maximum atomic E-state index is 6.07. The van der Waals surface area contributed by atoms with Crippen LogP contribution in [0.5, 0.6) is 17.2 Å². The van der Waals surface area contributed by atoms with E-state index in [2.05, 4.69) is 0 Å². The van der Waals surface area contributed by atoms with Crippen LogP contribution in [0.15, 0.2) is 53.9 Å². The maximum absolute atomic E-state index is 6.07. The van der Waals surface area contributed by atoms with Crippen molar-refractivity contribution in [3.63, 3.8) is 0 Å². The van der Waals surface area contributed by atoms with Crippen LogP contribution in [0.25, 0.3) is 0 Å². The van der Waals surface area contributed by atoms with E-state index in [9.17, 15) is 0 Å². The minimum absolute atomic E-state index is 0.372. The number of rotatable bonds is 5. The smallest absolute Gasteiger partial charge is 0.128 e. The van der Waals surface area contributed by atoms with Crippen molar-refractivity contribution in [2.24, 2.45) is 0 Å². The van der Waals surface area contributed by atoms with Gasteiger partial charge in [0.05, 0.1) is 5.02 Å². The number of benzene rings is 2. The Morgan fingerprint density at radius 3 is 2.26 bits per heavy atom. The third kappa shape index (κ3) is 4.33. The Hall–Kier alpha value is -1.39. The zero-order valence-electron chi connectivity index (χ0n) is 11.8. The van der Waals surface area contributed by atoms with Crippen molar-refractivity contribution in [2.75, 3.05) is 0 Å². The van der Waals surface area contributed by atoms with Gasteiger partial charge in [-0.25, -0.2) is 0 Å². The molecule has 0 saturated carbocycles. The molecule has 2 nitrogen and oxygen atoms in total. The van der Waals surface area contributed by atoms with E-state index in [0.717, 1.165) is 11.3 Å². The summed E-state index contributed by atoms with van der Waals surface area (Å²) in [4.78, 5) is 0. The van der Waals surface area contributed by atoms with Crippen LogP contribution in [-0.2, 0) is 6.61 Å². The Morgan fingerprint density at radius 2 is 1.61 bits per heavy atom. The Labute approximate surface area is 153 Å². The lowest BCUT2D eigenvalue weighted by Gasteiger charge is -2.08.